The van der Waals surface area contributed by atoms with Crippen molar-refractivity contribution in [2.75, 3.05) is 5.32 Å². The summed E-state index contributed by atoms with van der Waals surface area (Å²) in [6, 6.07) is 17.9. The van der Waals surface area contributed by atoms with Crippen molar-refractivity contribution in [2.45, 2.75) is 18.9 Å². The van der Waals surface area contributed by atoms with E-state index in [1.54, 1.807) is 6.20 Å². The van der Waals surface area contributed by atoms with Crippen molar-refractivity contribution in [1.82, 2.24) is 10.2 Å². The minimum atomic E-state index is -0.0560. The molecule has 2 aromatic carbocycles. The van der Waals surface area contributed by atoms with E-state index in [2.05, 4.69) is 15.5 Å². The van der Waals surface area contributed by atoms with Crippen LogP contribution in [-0.4, -0.2) is 16.1 Å². The molecule has 4 rings (SSSR count). The lowest BCUT2D eigenvalue weighted by atomic mass is 9.87. The van der Waals surface area contributed by atoms with Crippen LogP contribution < -0.4 is 10.1 Å². The number of amides is 1. The number of rotatable bonds is 4. The van der Waals surface area contributed by atoms with E-state index in [1.807, 2.05) is 54.6 Å². The minimum Gasteiger partial charge on any atom is -0.489 e. The summed E-state index contributed by atoms with van der Waals surface area (Å²) in [5, 5.41) is 9.72. The van der Waals surface area contributed by atoms with Crippen LogP contribution in [0.3, 0.4) is 0 Å². The van der Waals surface area contributed by atoms with Crippen molar-refractivity contribution in [1.29, 1.82) is 0 Å². The third-order valence-corrected chi connectivity index (χ3v) is 4.23. The van der Waals surface area contributed by atoms with Gasteiger partial charge in [-0.15, -0.1) is 0 Å². The van der Waals surface area contributed by atoms with Crippen LogP contribution in [0, 0.1) is 0 Å². The highest BCUT2D eigenvalue weighted by atomic mass is 16.5. The van der Waals surface area contributed by atoms with E-state index >= 15 is 0 Å². The molecule has 2 heterocycles. The minimum absolute atomic E-state index is 0.0189. The zero-order valence-corrected chi connectivity index (χ0v) is 13.0. The molecule has 3 aromatic rings. The number of hydrogen-bond donors (Lipinski definition) is 2. The average molecular weight is 319 g/mol. The predicted octanol–water partition coefficient (Wildman–Crippen LogP) is 3.46. The Kier molecular flexibility index (Phi) is 3.75. The highest BCUT2D eigenvalue weighted by Gasteiger charge is 2.29. The maximum Gasteiger partial charge on any atom is 0.226 e. The molecule has 5 heteroatoms. The molecular weight excluding hydrogens is 302 g/mol. The summed E-state index contributed by atoms with van der Waals surface area (Å²) < 4.78 is 6.04. The molecule has 0 bridgehead atoms. The van der Waals surface area contributed by atoms with Gasteiger partial charge in [-0.05, 0) is 11.6 Å². The Labute approximate surface area is 139 Å². The number of H-pyrrole nitrogens is 1. The van der Waals surface area contributed by atoms with Crippen LogP contribution in [0.4, 0.5) is 5.82 Å². The number of hydrogen-bond acceptors (Lipinski definition) is 3. The van der Waals surface area contributed by atoms with Gasteiger partial charge in [-0.25, -0.2) is 0 Å². The number of aromatic nitrogens is 2. The van der Waals surface area contributed by atoms with E-state index in [0.29, 0.717) is 18.8 Å². The van der Waals surface area contributed by atoms with E-state index in [1.165, 1.54) is 0 Å². The lowest BCUT2D eigenvalue weighted by molar-refractivity contribution is -0.116. The summed E-state index contributed by atoms with van der Waals surface area (Å²) in [6.45, 7) is 0.495. The first-order valence-electron chi connectivity index (χ1n) is 7.90. The maximum atomic E-state index is 12.0. The third-order valence-electron chi connectivity index (χ3n) is 4.23. The summed E-state index contributed by atoms with van der Waals surface area (Å²) in [6.07, 6.45) is 2.16. The van der Waals surface area contributed by atoms with Crippen LogP contribution >= 0.6 is 0 Å². The van der Waals surface area contributed by atoms with Gasteiger partial charge in [0.1, 0.15) is 18.2 Å². The van der Waals surface area contributed by atoms with Gasteiger partial charge in [-0.1, -0.05) is 48.5 Å². The maximum absolute atomic E-state index is 12.0. The first kappa shape index (κ1) is 14.5. The Hall–Kier alpha value is -3.08. The topological polar surface area (TPSA) is 67.0 Å². The Balaban J connectivity index is 1.64. The second kappa shape index (κ2) is 6.20. The number of fused-ring (bicyclic) bond motifs is 1. The Morgan fingerprint density at radius 1 is 1.04 bits per heavy atom. The van der Waals surface area contributed by atoms with Crippen LogP contribution in [0.2, 0.25) is 0 Å². The Bertz CT molecular complexity index is 858. The molecule has 5 nitrogen and oxygen atoms in total. The van der Waals surface area contributed by atoms with E-state index in [9.17, 15) is 4.79 Å². The molecule has 2 N–H and O–H groups in total. The van der Waals surface area contributed by atoms with E-state index in [4.69, 9.17) is 4.74 Å². The van der Waals surface area contributed by atoms with E-state index < -0.39 is 0 Å². The summed E-state index contributed by atoms with van der Waals surface area (Å²) in [5.74, 6) is 1.40. The fraction of sp³-hybridized carbons (Fsp3) is 0.158. The zero-order valence-electron chi connectivity index (χ0n) is 13.0. The van der Waals surface area contributed by atoms with E-state index in [0.717, 1.165) is 22.4 Å². The van der Waals surface area contributed by atoms with Gasteiger partial charge < -0.3 is 10.1 Å². The molecule has 1 amide bonds. The van der Waals surface area contributed by atoms with Crippen LogP contribution in [0.25, 0.3) is 0 Å². The second-order valence-electron chi connectivity index (χ2n) is 5.82. The summed E-state index contributed by atoms with van der Waals surface area (Å²) in [7, 11) is 0. The largest absolute Gasteiger partial charge is 0.489 e. The summed E-state index contributed by atoms with van der Waals surface area (Å²) >= 11 is 0. The number of carbonyl (C=O) groups is 1. The summed E-state index contributed by atoms with van der Waals surface area (Å²) in [5.41, 5.74) is 3.11. The third kappa shape index (κ3) is 2.76. The van der Waals surface area contributed by atoms with Crippen LogP contribution in [-0.2, 0) is 11.4 Å². The van der Waals surface area contributed by atoms with Gasteiger partial charge in [0.15, 0.2) is 0 Å². The normalized spacial score (nSPS) is 16.3. The molecule has 0 fully saturated rings. The second-order valence-corrected chi connectivity index (χ2v) is 5.82. The van der Waals surface area contributed by atoms with Crippen LogP contribution in [0.1, 0.15) is 29.0 Å². The van der Waals surface area contributed by atoms with Gasteiger partial charge in [-0.2, -0.15) is 5.10 Å². The first-order chi connectivity index (χ1) is 11.8. The number of benzene rings is 2. The quantitative estimate of drug-likeness (QED) is 0.774. The predicted molar refractivity (Wildman–Crippen MR) is 90.9 cm³/mol. The van der Waals surface area contributed by atoms with Crippen molar-refractivity contribution >= 4 is 11.7 Å². The Morgan fingerprint density at radius 3 is 2.71 bits per heavy atom. The highest BCUT2D eigenvalue weighted by molar-refractivity contribution is 5.94. The number of nitrogens with one attached hydrogen (secondary N) is 2. The highest BCUT2D eigenvalue weighted by Crippen LogP contribution is 2.39. The Morgan fingerprint density at radius 2 is 1.83 bits per heavy atom. The SMILES string of the molecule is O=C1C[C@@H](c2ccccc2OCc2ccccc2)c2cn[nH]c2N1. The molecule has 0 saturated heterocycles. The molecule has 0 spiro atoms. The van der Waals surface area contributed by atoms with Gasteiger partial charge >= 0.3 is 0 Å². The standard InChI is InChI=1S/C19H17N3O2/c23-18-10-15(16-11-20-22-19(16)21-18)14-8-4-5-9-17(14)24-12-13-6-2-1-3-7-13/h1-9,11,15H,10,12H2,(H2,20,21,22,23)/t15-/m0/s1. The fourth-order valence-electron chi connectivity index (χ4n) is 3.06. The van der Waals surface area contributed by atoms with Gasteiger partial charge in [0.05, 0.1) is 6.20 Å². The number of ether oxygens (including phenoxy) is 1. The van der Waals surface area contributed by atoms with Crippen molar-refractivity contribution < 1.29 is 9.53 Å². The zero-order chi connectivity index (χ0) is 16.4. The number of para-hydroxylation sites is 1. The number of carbonyl (C=O) groups excluding carboxylic acids is 1. The van der Waals surface area contributed by atoms with Crippen LogP contribution in [0.15, 0.2) is 60.8 Å². The molecule has 1 aliphatic rings. The van der Waals surface area contributed by atoms with Gasteiger partial charge in [0.25, 0.3) is 0 Å². The first-order valence-corrected chi connectivity index (χ1v) is 7.90. The number of aromatic amines is 1. The molecule has 1 atom stereocenters. The lowest BCUT2D eigenvalue weighted by Gasteiger charge is -2.24. The molecule has 0 aliphatic carbocycles. The molecule has 0 unspecified atom stereocenters. The molecule has 1 aromatic heterocycles. The molecule has 0 saturated carbocycles. The molecule has 120 valence electrons. The van der Waals surface area contributed by atoms with Gasteiger partial charge in [0, 0.05) is 23.5 Å². The molecular formula is C19H17N3O2. The fourth-order valence-corrected chi connectivity index (χ4v) is 3.06. The van der Waals surface area contributed by atoms with Crippen molar-refractivity contribution in [2.24, 2.45) is 0 Å². The molecule has 0 radical (unpaired) electrons. The monoisotopic (exact) mass is 319 g/mol. The average Bonchev–Trinajstić information content (AvgIpc) is 3.09. The van der Waals surface area contributed by atoms with Crippen molar-refractivity contribution in [3.8, 4) is 5.75 Å². The lowest BCUT2D eigenvalue weighted by Crippen LogP contribution is -2.23. The van der Waals surface area contributed by atoms with Crippen LogP contribution in [0.5, 0.6) is 5.75 Å². The van der Waals surface area contributed by atoms with Gasteiger partial charge in [0.2, 0.25) is 5.91 Å². The smallest absolute Gasteiger partial charge is 0.226 e. The van der Waals surface area contributed by atoms with Crippen molar-refractivity contribution in [3.63, 3.8) is 0 Å². The number of nitrogens with zero attached hydrogens (tertiary/aromatic N) is 1. The number of anilines is 1. The molecule has 24 heavy (non-hydrogen) atoms. The van der Waals surface area contributed by atoms with E-state index in [-0.39, 0.29) is 11.8 Å². The van der Waals surface area contributed by atoms with Crippen molar-refractivity contribution in [3.05, 3.63) is 77.5 Å². The summed E-state index contributed by atoms with van der Waals surface area (Å²) in [4.78, 5) is 12.0. The van der Waals surface area contributed by atoms with Gasteiger partial charge in [-0.3, -0.25) is 9.89 Å². The molecule has 1 aliphatic heterocycles.